The molecule has 1 heterocycles. The van der Waals surface area contributed by atoms with Crippen LogP contribution in [-0.4, -0.2) is 22.8 Å². The Kier molecular flexibility index (Phi) is 6.23. The summed E-state index contributed by atoms with van der Waals surface area (Å²) >= 11 is 5.85. The summed E-state index contributed by atoms with van der Waals surface area (Å²) < 4.78 is 0. The third-order valence-electron chi connectivity index (χ3n) is 4.52. The van der Waals surface area contributed by atoms with Crippen LogP contribution in [0.1, 0.15) is 58.6 Å². The number of hydrogen-bond acceptors (Lipinski definition) is 3. The van der Waals surface area contributed by atoms with Gasteiger partial charge in [0.1, 0.15) is 11.4 Å². The van der Waals surface area contributed by atoms with E-state index in [2.05, 4.69) is 15.6 Å². The van der Waals surface area contributed by atoms with Crippen molar-refractivity contribution in [2.24, 2.45) is 0 Å². The number of pyridine rings is 1. The van der Waals surface area contributed by atoms with Gasteiger partial charge in [-0.3, -0.25) is 9.59 Å². The molecule has 2 N–H and O–H groups in total. The van der Waals surface area contributed by atoms with Crippen LogP contribution < -0.4 is 10.6 Å². The number of rotatable bonds is 5. The van der Waals surface area contributed by atoms with Crippen molar-refractivity contribution in [2.45, 2.75) is 44.7 Å². The Bertz CT molecular complexity index is 771. The molecule has 0 saturated heterocycles. The highest BCUT2D eigenvalue weighted by Crippen LogP contribution is 2.17. The lowest BCUT2D eigenvalue weighted by Gasteiger charge is -2.22. The zero-order valence-corrected chi connectivity index (χ0v) is 15.3. The van der Waals surface area contributed by atoms with Gasteiger partial charge in [0.15, 0.2) is 0 Å². The fourth-order valence-corrected chi connectivity index (χ4v) is 3.20. The van der Waals surface area contributed by atoms with E-state index in [-0.39, 0.29) is 29.2 Å². The second-order valence-electron chi connectivity index (χ2n) is 6.53. The first-order chi connectivity index (χ1) is 12.6. The number of carbonyl (C=O) groups excluding carboxylic acids is 2. The van der Waals surface area contributed by atoms with Gasteiger partial charge >= 0.3 is 0 Å². The van der Waals surface area contributed by atoms with Gasteiger partial charge in [-0.15, -0.1) is 0 Å². The van der Waals surface area contributed by atoms with Crippen molar-refractivity contribution in [3.8, 4) is 0 Å². The predicted molar refractivity (Wildman–Crippen MR) is 101 cm³/mol. The minimum absolute atomic E-state index is 0.209. The maximum Gasteiger partial charge on any atom is 0.270 e. The number of nitrogens with one attached hydrogen (secondary N) is 2. The predicted octanol–water partition coefficient (Wildman–Crippen LogP) is 3.73. The van der Waals surface area contributed by atoms with Gasteiger partial charge in [-0.1, -0.05) is 49.1 Å². The largest absolute Gasteiger partial charge is 0.348 e. The zero-order chi connectivity index (χ0) is 18.4. The Morgan fingerprint density at radius 2 is 1.62 bits per heavy atom. The molecule has 0 atom stereocenters. The smallest absolute Gasteiger partial charge is 0.270 e. The van der Waals surface area contributed by atoms with E-state index >= 15 is 0 Å². The molecule has 0 spiro atoms. The highest BCUT2D eigenvalue weighted by atomic mass is 35.5. The van der Waals surface area contributed by atoms with Crippen LogP contribution in [0, 0.1) is 0 Å². The normalized spacial score (nSPS) is 14.7. The summed E-state index contributed by atoms with van der Waals surface area (Å²) in [6, 6.07) is 12.4. The number of aromatic nitrogens is 1. The van der Waals surface area contributed by atoms with Crippen molar-refractivity contribution in [3.63, 3.8) is 0 Å². The zero-order valence-electron chi connectivity index (χ0n) is 14.5. The number of halogens is 1. The lowest BCUT2D eigenvalue weighted by atomic mass is 9.95. The average Bonchev–Trinajstić information content (AvgIpc) is 2.68. The van der Waals surface area contributed by atoms with Gasteiger partial charge in [0, 0.05) is 17.6 Å². The molecule has 0 radical (unpaired) electrons. The van der Waals surface area contributed by atoms with Crippen LogP contribution in [0.2, 0.25) is 5.02 Å². The van der Waals surface area contributed by atoms with Crippen molar-refractivity contribution in [3.05, 3.63) is 64.4 Å². The van der Waals surface area contributed by atoms with Gasteiger partial charge in [-0.25, -0.2) is 4.98 Å². The fourth-order valence-electron chi connectivity index (χ4n) is 3.07. The van der Waals surface area contributed by atoms with Gasteiger partial charge in [-0.2, -0.15) is 0 Å². The summed E-state index contributed by atoms with van der Waals surface area (Å²) in [5.41, 5.74) is 1.44. The summed E-state index contributed by atoms with van der Waals surface area (Å²) in [5.74, 6) is -0.531. The van der Waals surface area contributed by atoms with E-state index in [1.165, 1.54) is 6.42 Å². The van der Waals surface area contributed by atoms with Crippen LogP contribution in [0.5, 0.6) is 0 Å². The third-order valence-corrected chi connectivity index (χ3v) is 4.77. The molecule has 2 aromatic rings. The first-order valence-corrected chi connectivity index (χ1v) is 9.30. The molecule has 1 aliphatic rings. The minimum Gasteiger partial charge on any atom is -0.348 e. The fraction of sp³-hybridized carbons (Fsp3) is 0.350. The van der Waals surface area contributed by atoms with E-state index in [0.29, 0.717) is 11.6 Å². The number of benzene rings is 1. The second kappa shape index (κ2) is 8.81. The third kappa shape index (κ3) is 5.05. The average molecular weight is 372 g/mol. The molecule has 1 aromatic heterocycles. The molecule has 0 bridgehead atoms. The molecular formula is C20H22ClN3O2. The second-order valence-corrected chi connectivity index (χ2v) is 6.96. The Balaban J connectivity index is 1.59. The highest BCUT2D eigenvalue weighted by molar-refractivity contribution is 6.30. The molecule has 1 aliphatic carbocycles. The first-order valence-electron chi connectivity index (χ1n) is 8.92. The van der Waals surface area contributed by atoms with Crippen LogP contribution in [0.3, 0.4) is 0 Å². The number of amides is 2. The van der Waals surface area contributed by atoms with Crippen LogP contribution in [-0.2, 0) is 6.54 Å². The molecule has 3 rings (SSSR count). The SMILES string of the molecule is O=C(NCc1ccc(Cl)cc1)c1cccc(C(=O)NC2CCCCC2)n1. The maximum atomic E-state index is 12.4. The molecule has 1 fully saturated rings. The van der Waals surface area contributed by atoms with Crippen LogP contribution in [0.15, 0.2) is 42.5 Å². The molecule has 1 aromatic carbocycles. The van der Waals surface area contributed by atoms with Crippen molar-refractivity contribution in [1.29, 1.82) is 0 Å². The van der Waals surface area contributed by atoms with Crippen LogP contribution in [0.4, 0.5) is 0 Å². The highest BCUT2D eigenvalue weighted by Gasteiger charge is 2.18. The van der Waals surface area contributed by atoms with E-state index in [1.807, 2.05) is 12.1 Å². The Morgan fingerprint density at radius 1 is 0.962 bits per heavy atom. The van der Waals surface area contributed by atoms with Crippen LogP contribution >= 0.6 is 11.6 Å². The summed E-state index contributed by atoms with van der Waals surface area (Å²) in [6.45, 7) is 0.371. The summed E-state index contributed by atoms with van der Waals surface area (Å²) in [5, 5.41) is 6.48. The monoisotopic (exact) mass is 371 g/mol. The summed E-state index contributed by atoms with van der Waals surface area (Å²) in [4.78, 5) is 28.9. The molecule has 0 unspecified atom stereocenters. The molecule has 1 saturated carbocycles. The van der Waals surface area contributed by atoms with Gasteiger partial charge in [0.05, 0.1) is 0 Å². The van der Waals surface area contributed by atoms with E-state index in [0.717, 1.165) is 31.2 Å². The molecule has 5 nitrogen and oxygen atoms in total. The number of nitrogens with zero attached hydrogens (tertiary/aromatic N) is 1. The quantitative estimate of drug-likeness (QED) is 0.841. The van der Waals surface area contributed by atoms with E-state index in [4.69, 9.17) is 11.6 Å². The van der Waals surface area contributed by atoms with Crippen LogP contribution in [0.25, 0.3) is 0 Å². The first kappa shape index (κ1) is 18.4. The Labute approximate surface area is 158 Å². The lowest BCUT2D eigenvalue weighted by molar-refractivity contribution is 0.0922. The van der Waals surface area contributed by atoms with E-state index in [9.17, 15) is 9.59 Å². The standard InChI is InChI=1S/C20H22ClN3O2/c21-15-11-9-14(10-12-15)13-22-19(25)17-7-4-8-18(24-17)20(26)23-16-5-2-1-3-6-16/h4,7-12,16H,1-3,5-6,13H2,(H,22,25)(H,23,26). The van der Waals surface area contributed by atoms with Gasteiger partial charge in [0.2, 0.25) is 0 Å². The summed E-state index contributed by atoms with van der Waals surface area (Å²) in [6.07, 6.45) is 5.53. The van der Waals surface area contributed by atoms with Gasteiger partial charge < -0.3 is 10.6 Å². The maximum absolute atomic E-state index is 12.4. The van der Waals surface area contributed by atoms with Crippen molar-refractivity contribution >= 4 is 23.4 Å². The lowest BCUT2D eigenvalue weighted by Crippen LogP contribution is -2.36. The molecule has 0 aliphatic heterocycles. The van der Waals surface area contributed by atoms with Crippen molar-refractivity contribution in [2.75, 3.05) is 0 Å². The molecular weight excluding hydrogens is 350 g/mol. The van der Waals surface area contributed by atoms with Gasteiger partial charge in [-0.05, 0) is 42.7 Å². The molecule has 6 heteroatoms. The Hall–Kier alpha value is -2.40. The topological polar surface area (TPSA) is 71.1 Å². The minimum atomic E-state index is -0.313. The van der Waals surface area contributed by atoms with Gasteiger partial charge in [0.25, 0.3) is 11.8 Å². The molecule has 26 heavy (non-hydrogen) atoms. The number of carbonyl (C=O) groups is 2. The van der Waals surface area contributed by atoms with E-state index < -0.39 is 0 Å². The Morgan fingerprint density at radius 3 is 2.31 bits per heavy atom. The number of hydrogen-bond donors (Lipinski definition) is 2. The van der Waals surface area contributed by atoms with Crippen molar-refractivity contribution in [1.82, 2.24) is 15.6 Å². The molecule has 136 valence electrons. The van der Waals surface area contributed by atoms with Crippen molar-refractivity contribution < 1.29 is 9.59 Å². The van der Waals surface area contributed by atoms with E-state index in [1.54, 1.807) is 30.3 Å². The molecule has 2 amide bonds. The summed E-state index contributed by atoms with van der Waals surface area (Å²) in [7, 11) is 0.